The van der Waals surface area contributed by atoms with Crippen molar-refractivity contribution < 1.29 is 9.84 Å². The first-order valence-corrected chi connectivity index (χ1v) is 7.41. The van der Waals surface area contributed by atoms with Gasteiger partial charge in [0.25, 0.3) is 0 Å². The van der Waals surface area contributed by atoms with E-state index in [1.807, 2.05) is 0 Å². The predicted molar refractivity (Wildman–Crippen MR) is 84.3 cm³/mol. The van der Waals surface area contributed by atoms with Crippen LogP contribution in [0, 0.1) is 27.7 Å². The van der Waals surface area contributed by atoms with Crippen LogP contribution in [0.2, 0.25) is 0 Å². The van der Waals surface area contributed by atoms with E-state index in [-0.39, 0.29) is 6.04 Å². The Labute approximate surface area is 123 Å². The minimum atomic E-state index is -0.476. The van der Waals surface area contributed by atoms with Gasteiger partial charge in [-0.3, -0.25) is 0 Å². The number of nitrogens with one attached hydrogen (secondary N) is 1. The molecule has 1 aromatic carbocycles. The van der Waals surface area contributed by atoms with Crippen LogP contribution in [0.5, 0.6) is 0 Å². The zero-order valence-corrected chi connectivity index (χ0v) is 13.7. The van der Waals surface area contributed by atoms with E-state index in [9.17, 15) is 5.11 Å². The lowest BCUT2D eigenvalue weighted by molar-refractivity contribution is 0.116. The summed E-state index contributed by atoms with van der Waals surface area (Å²) in [6.45, 7) is 11.9. The van der Waals surface area contributed by atoms with E-state index >= 15 is 0 Å². The summed E-state index contributed by atoms with van der Waals surface area (Å²) in [6.07, 6.45) is 0.409. The van der Waals surface area contributed by atoms with Gasteiger partial charge in [-0.05, 0) is 61.9 Å². The molecule has 0 aliphatic heterocycles. The van der Waals surface area contributed by atoms with Crippen LogP contribution in [-0.4, -0.2) is 31.4 Å². The van der Waals surface area contributed by atoms with E-state index < -0.39 is 6.10 Å². The molecular formula is C17H29NO2. The average molecular weight is 279 g/mol. The summed E-state index contributed by atoms with van der Waals surface area (Å²) in [5, 5.41) is 14.2. The first-order valence-electron chi connectivity index (χ1n) is 7.41. The minimum Gasteiger partial charge on any atom is -0.387 e. The molecular weight excluding hydrogens is 250 g/mol. The zero-order valence-electron chi connectivity index (χ0n) is 13.7. The Hall–Kier alpha value is -0.900. The monoisotopic (exact) mass is 279 g/mol. The maximum Gasteiger partial charge on any atom is 0.0948 e. The van der Waals surface area contributed by atoms with Gasteiger partial charge in [0.2, 0.25) is 0 Å². The fraction of sp³-hybridized carbons (Fsp3) is 0.647. The third-order valence-corrected chi connectivity index (χ3v) is 4.25. The molecule has 0 bridgehead atoms. The Kier molecular flexibility index (Phi) is 6.66. The van der Waals surface area contributed by atoms with Crippen molar-refractivity contribution >= 4 is 0 Å². The summed E-state index contributed by atoms with van der Waals surface area (Å²) in [5.74, 6) is 0. The Balaban J connectivity index is 3.03. The molecule has 0 aromatic heterocycles. The number of rotatable bonds is 7. The molecule has 3 nitrogen and oxygen atoms in total. The largest absolute Gasteiger partial charge is 0.387 e. The SMILES string of the molecule is CCC(NCCOC)C(O)c1c(C)c(C)cc(C)c1C. The van der Waals surface area contributed by atoms with Crippen LogP contribution >= 0.6 is 0 Å². The molecule has 2 unspecified atom stereocenters. The molecule has 0 heterocycles. The van der Waals surface area contributed by atoms with Crippen LogP contribution in [0.15, 0.2) is 6.07 Å². The Bertz CT molecular complexity index is 417. The molecule has 0 amide bonds. The highest BCUT2D eigenvalue weighted by molar-refractivity contribution is 5.45. The Morgan fingerprint density at radius 1 is 1.15 bits per heavy atom. The highest BCUT2D eigenvalue weighted by atomic mass is 16.5. The number of ether oxygens (including phenoxy) is 1. The van der Waals surface area contributed by atoms with E-state index in [2.05, 4.69) is 46.0 Å². The molecule has 0 saturated heterocycles. The van der Waals surface area contributed by atoms with Crippen molar-refractivity contribution in [1.82, 2.24) is 5.32 Å². The summed E-state index contributed by atoms with van der Waals surface area (Å²) >= 11 is 0. The fourth-order valence-corrected chi connectivity index (χ4v) is 2.72. The summed E-state index contributed by atoms with van der Waals surface area (Å²) in [6, 6.07) is 2.25. The Morgan fingerprint density at radius 2 is 1.70 bits per heavy atom. The first-order chi connectivity index (χ1) is 9.43. The van der Waals surface area contributed by atoms with Crippen molar-refractivity contribution in [3.63, 3.8) is 0 Å². The number of benzene rings is 1. The first kappa shape index (κ1) is 17.2. The molecule has 1 rings (SSSR count). The molecule has 0 aliphatic carbocycles. The van der Waals surface area contributed by atoms with Crippen LogP contribution in [-0.2, 0) is 4.74 Å². The summed E-state index contributed by atoms with van der Waals surface area (Å²) in [7, 11) is 1.69. The highest BCUT2D eigenvalue weighted by Crippen LogP contribution is 2.30. The predicted octanol–water partition coefficient (Wildman–Crippen LogP) is 2.97. The molecule has 1 aromatic rings. The van der Waals surface area contributed by atoms with Gasteiger partial charge in [-0.15, -0.1) is 0 Å². The number of methoxy groups -OCH3 is 1. The van der Waals surface area contributed by atoms with E-state index in [1.54, 1.807) is 7.11 Å². The van der Waals surface area contributed by atoms with Crippen LogP contribution in [0.3, 0.4) is 0 Å². The Morgan fingerprint density at radius 3 is 2.15 bits per heavy atom. The number of hydrogen-bond donors (Lipinski definition) is 2. The van der Waals surface area contributed by atoms with Gasteiger partial charge >= 0.3 is 0 Å². The van der Waals surface area contributed by atoms with Crippen molar-refractivity contribution in [2.45, 2.75) is 53.2 Å². The number of aliphatic hydroxyl groups is 1. The topological polar surface area (TPSA) is 41.5 Å². The van der Waals surface area contributed by atoms with E-state index in [0.717, 1.165) is 18.5 Å². The van der Waals surface area contributed by atoms with Crippen molar-refractivity contribution in [3.8, 4) is 0 Å². The van der Waals surface area contributed by atoms with Gasteiger partial charge in [0.05, 0.1) is 12.7 Å². The van der Waals surface area contributed by atoms with Crippen molar-refractivity contribution in [1.29, 1.82) is 0 Å². The summed E-state index contributed by atoms with van der Waals surface area (Å²) in [4.78, 5) is 0. The summed E-state index contributed by atoms with van der Waals surface area (Å²) < 4.78 is 5.06. The lowest BCUT2D eigenvalue weighted by Gasteiger charge is -2.27. The lowest BCUT2D eigenvalue weighted by Crippen LogP contribution is -2.37. The molecule has 2 atom stereocenters. The number of hydrogen-bond acceptors (Lipinski definition) is 3. The van der Waals surface area contributed by atoms with E-state index in [1.165, 1.54) is 22.3 Å². The standard InChI is InChI=1S/C17H29NO2/c1-7-15(18-8-9-20-6)17(19)16-13(4)11(2)10-12(3)14(16)5/h10,15,17-19H,7-9H2,1-6H3. The fourth-order valence-electron chi connectivity index (χ4n) is 2.72. The normalized spacial score (nSPS) is 14.3. The van der Waals surface area contributed by atoms with Crippen molar-refractivity contribution in [2.24, 2.45) is 0 Å². The second kappa shape index (κ2) is 7.77. The van der Waals surface area contributed by atoms with Crippen LogP contribution in [0.25, 0.3) is 0 Å². The molecule has 0 aliphatic rings. The molecule has 0 saturated carbocycles. The van der Waals surface area contributed by atoms with E-state index in [0.29, 0.717) is 6.61 Å². The molecule has 0 radical (unpaired) electrons. The second-order valence-corrected chi connectivity index (χ2v) is 5.58. The lowest BCUT2D eigenvalue weighted by atomic mass is 9.87. The van der Waals surface area contributed by atoms with Gasteiger partial charge in [0, 0.05) is 19.7 Å². The van der Waals surface area contributed by atoms with Gasteiger partial charge < -0.3 is 15.2 Å². The minimum absolute atomic E-state index is 0.0590. The van der Waals surface area contributed by atoms with Crippen LogP contribution in [0.4, 0.5) is 0 Å². The third-order valence-electron chi connectivity index (χ3n) is 4.25. The van der Waals surface area contributed by atoms with Gasteiger partial charge in [-0.2, -0.15) is 0 Å². The highest BCUT2D eigenvalue weighted by Gasteiger charge is 2.23. The van der Waals surface area contributed by atoms with E-state index in [4.69, 9.17) is 4.74 Å². The quantitative estimate of drug-likeness (QED) is 0.754. The maximum absolute atomic E-state index is 10.8. The average Bonchev–Trinajstić information content (AvgIpc) is 2.41. The number of aryl methyl sites for hydroxylation is 2. The second-order valence-electron chi connectivity index (χ2n) is 5.58. The smallest absolute Gasteiger partial charge is 0.0948 e. The molecule has 2 N–H and O–H groups in total. The van der Waals surface area contributed by atoms with Gasteiger partial charge in [0.1, 0.15) is 0 Å². The van der Waals surface area contributed by atoms with Crippen LogP contribution in [0.1, 0.15) is 47.3 Å². The third kappa shape index (κ3) is 3.81. The molecule has 20 heavy (non-hydrogen) atoms. The van der Waals surface area contributed by atoms with Gasteiger partial charge in [0.15, 0.2) is 0 Å². The van der Waals surface area contributed by atoms with Crippen molar-refractivity contribution in [3.05, 3.63) is 33.9 Å². The molecule has 3 heteroatoms. The van der Waals surface area contributed by atoms with Crippen molar-refractivity contribution in [2.75, 3.05) is 20.3 Å². The summed E-state index contributed by atoms with van der Waals surface area (Å²) in [5.41, 5.74) is 5.97. The molecule has 0 fully saturated rings. The molecule has 114 valence electrons. The maximum atomic E-state index is 10.8. The number of aliphatic hydroxyl groups excluding tert-OH is 1. The zero-order chi connectivity index (χ0) is 15.3. The van der Waals surface area contributed by atoms with Gasteiger partial charge in [-0.1, -0.05) is 13.0 Å². The molecule has 0 spiro atoms. The van der Waals surface area contributed by atoms with Crippen LogP contribution < -0.4 is 5.32 Å². The van der Waals surface area contributed by atoms with Gasteiger partial charge in [-0.25, -0.2) is 0 Å².